The third kappa shape index (κ3) is 2.07. The molecule has 1 aliphatic rings. The summed E-state index contributed by atoms with van der Waals surface area (Å²) in [5, 5.41) is 10.0. The highest BCUT2D eigenvalue weighted by atomic mass is 16.5. The molecule has 0 unspecified atom stereocenters. The van der Waals surface area contributed by atoms with Crippen LogP contribution < -0.4 is 0 Å². The molecule has 2 aromatic rings. The van der Waals surface area contributed by atoms with E-state index in [4.69, 9.17) is 4.74 Å². The number of phenolic OH excluding ortho intramolecular Hbond substituents is 1. The Morgan fingerprint density at radius 3 is 2.94 bits per heavy atom. The molecule has 0 spiro atoms. The number of aryl methyl sites for hydroxylation is 1. The van der Waals surface area contributed by atoms with Crippen LogP contribution in [0, 0.1) is 6.92 Å². The van der Waals surface area contributed by atoms with Gasteiger partial charge in [0.25, 0.3) is 0 Å². The first-order valence-electron chi connectivity index (χ1n) is 6.21. The standard InChI is InChI=1S/C13H17N3O2/c1-9-14-11-2-3-12(17)10(13(11)15-9)8-16-4-6-18-7-5-16/h2-3,17H,4-8H2,1H3,(H,14,15). The van der Waals surface area contributed by atoms with Crippen molar-refractivity contribution in [3.8, 4) is 5.75 Å². The summed E-state index contributed by atoms with van der Waals surface area (Å²) in [7, 11) is 0. The van der Waals surface area contributed by atoms with Crippen molar-refractivity contribution in [2.75, 3.05) is 26.3 Å². The average Bonchev–Trinajstić information content (AvgIpc) is 2.75. The second-order valence-electron chi connectivity index (χ2n) is 4.67. The van der Waals surface area contributed by atoms with E-state index in [2.05, 4.69) is 14.9 Å². The number of benzene rings is 1. The largest absolute Gasteiger partial charge is 0.508 e. The number of aromatic amines is 1. The number of nitrogens with zero attached hydrogens (tertiary/aromatic N) is 2. The molecule has 1 fully saturated rings. The fraction of sp³-hybridized carbons (Fsp3) is 0.462. The molecule has 2 N–H and O–H groups in total. The summed E-state index contributed by atoms with van der Waals surface area (Å²) in [6, 6.07) is 3.60. The van der Waals surface area contributed by atoms with Crippen molar-refractivity contribution >= 4 is 11.0 Å². The molecule has 0 atom stereocenters. The van der Waals surface area contributed by atoms with Crippen LogP contribution in [0.5, 0.6) is 5.75 Å². The Kier molecular flexibility index (Phi) is 2.93. The average molecular weight is 247 g/mol. The van der Waals surface area contributed by atoms with Crippen molar-refractivity contribution in [3.05, 3.63) is 23.5 Å². The Morgan fingerprint density at radius 1 is 1.39 bits per heavy atom. The summed E-state index contributed by atoms with van der Waals surface area (Å²) in [4.78, 5) is 9.94. The zero-order chi connectivity index (χ0) is 12.5. The van der Waals surface area contributed by atoms with Crippen LogP contribution in [-0.2, 0) is 11.3 Å². The number of phenols is 1. The fourth-order valence-corrected chi connectivity index (χ4v) is 2.38. The number of nitrogens with one attached hydrogen (secondary N) is 1. The van der Waals surface area contributed by atoms with Crippen LogP contribution in [0.4, 0.5) is 0 Å². The Hall–Kier alpha value is -1.59. The first kappa shape index (κ1) is 11.5. The van der Waals surface area contributed by atoms with Crippen molar-refractivity contribution < 1.29 is 9.84 Å². The number of ether oxygens (including phenoxy) is 1. The number of hydrogen-bond donors (Lipinski definition) is 2. The maximum absolute atomic E-state index is 10.0. The van der Waals surface area contributed by atoms with Gasteiger partial charge in [0.15, 0.2) is 0 Å². The van der Waals surface area contributed by atoms with Gasteiger partial charge in [0.05, 0.1) is 24.2 Å². The first-order chi connectivity index (χ1) is 8.74. The molecule has 0 radical (unpaired) electrons. The Morgan fingerprint density at radius 2 is 2.17 bits per heavy atom. The molecule has 0 bridgehead atoms. The summed E-state index contributed by atoms with van der Waals surface area (Å²) in [6.45, 7) is 5.97. The van der Waals surface area contributed by atoms with E-state index in [0.29, 0.717) is 5.75 Å². The lowest BCUT2D eigenvalue weighted by Gasteiger charge is -2.26. The molecular formula is C13H17N3O2. The van der Waals surface area contributed by atoms with Crippen LogP contribution in [0.25, 0.3) is 11.0 Å². The van der Waals surface area contributed by atoms with Crippen LogP contribution in [0.1, 0.15) is 11.4 Å². The summed E-state index contributed by atoms with van der Waals surface area (Å²) in [5.74, 6) is 1.19. The Bertz CT molecular complexity index is 559. The van der Waals surface area contributed by atoms with E-state index >= 15 is 0 Å². The third-order valence-electron chi connectivity index (χ3n) is 3.34. The molecule has 1 aliphatic heterocycles. The van der Waals surface area contributed by atoms with Crippen LogP contribution in [0.2, 0.25) is 0 Å². The van der Waals surface area contributed by atoms with E-state index in [1.54, 1.807) is 6.07 Å². The van der Waals surface area contributed by atoms with Crippen LogP contribution >= 0.6 is 0 Å². The molecule has 5 heteroatoms. The normalized spacial score (nSPS) is 17.4. The second-order valence-corrected chi connectivity index (χ2v) is 4.67. The van der Waals surface area contributed by atoms with Gasteiger partial charge in [-0.3, -0.25) is 4.90 Å². The van der Waals surface area contributed by atoms with Crippen molar-refractivity contribution in [3.63, 3.8) is 0 Å². The molecule has 18 heavy (non-hydrogen) atoms. The molecule has 96 valence electrons. The predicted molar refractivity (Wildman–Crippen MR) is 68.6 cm³/mol. The van der Waals surface area contributed by atoms with Crippen molar-refractivity contribution in [1.82, 2.24) is 14.9 Å². The second kappa shape index (κ2) is 4.59. The number of aromatic nitrogens is 2. The van der Waals surface area contributed by atoms with Gasteiger partial charge in [0, 0.05) is 25.2 Å². The maximum Gasteiger partial charge on any atom is 0.122 e. The molecule has 0 saturated carbocycles. The Balaban J connectivity index is 1.96. The number of fused-ring (bicyclic) bond motifs is 1. The van der Waals surface area contributed by atoms with Gasteiger partial charge in [0.2, 0.25) is 0 Å². The number of rotatable bonds is 2. The summed E-state index contributed by atoms with van der Waals surface area (Å²) in [5.41, 5.74) is 2.76. The lowest BCUT2D eigenvalue weighted by atomic mass is 10.1. The summed E-state index contributed by atoms with van der Waals surface area (Å²) >= 11 is 0. The van der Waals surface area contributed by atoms with Gasteiger partial charge < -0.3 is 14.8 Å². The molecule has 5 nitrogen and oxygen atoms in total. The van der Waals surface area contributed by atoms with Gasteiger partial charge in [-0.1, -0.05) is 0 Å². The number of hydrogen-bond acceptors (Lipinski definition) is 4. The van der Waals surface area contributed by atoms with E-state index in [-0.39, 0.29) is 0 Å². The smallest absolute Gasteiger partial charge is 0.122 e. The van der Waals surface area contributed by atoms with E-state index in [1.807, 2.05) is 13.0 Å². The van der Waals surface area contributed by atoms with E-state index < -0.39 is 0 Å². The van der Waals surface area contributed by atoms with Gasteiger partial charge in [-0.2, -0.15) is 0 Å². The number of H-pyrrole nitrogens is 1. The molecular weight excluding hydrogens is 230 g/mol. The molecule has 0 amide bonds. The van der Waals surface area contributed by atoms with Gasteiger partial charge in [-0.05, 0) is 19.1 Å². The van der Waals surface area contributed by atoms with Gasteiger partial charge in [-0.15, -0.1) is 0 Å². The lowest BCUT2D eigenvalue weighted by Crippen LogP contribution is -2.35. The van der Waals surface area contributed by atoms with E-state index in [9.17, 15) is 5.11 Å². The quantitative estimate of drug-likeness (QED) is 0.842. The topological polar surface area (TPSA) is 61.4 Å². The fourth-order valence-electron chi connectivity index (χ4n) is 2.38. The molecule has 1 aromatic heterocycles. The monoisotopic (exact) mass is 247 g/mol. The number of morpholine rings is 1. The molecule has 0 aliphatic carbocycles. The molecule has 1 aromatic carbocycles. The summed E-state index contributed by atoms with van der Waals surface area (Å²) < 4.78 is 5.33. The zero-order valence-corrected chi connectivity index (χ0v) is 10.4. The highest BCUT2D eigenvalue weighted by Crippen LogP contribution is 2.27. The maximum atomic E-state index is 10.0. The zero-order valence-electron chi connectivity index (χ0n) is 10.4. The number of imidazole rings is 1. The van der Waals surface area contributed by atoms with Crippen molar-refractivity contribution in [2.24, 2.45) is 0 Å². The SMILES string of the molecule is Cc1nc2c(CN3CCOCC3)c(O)ccc2[nH]1. The van der Waals surface area contributed by atoms with Gasteiger partial charge in [-0.25, -0.2) is 4.98 Å². The minimum atomic E-state index is 0.320. The van der Waals surface area contributed by atoms with E-state index in [1.165, 1.54) is 0 Å². The Labute approximate surface area is 105 Å². The number of aromatic hydroxyl groups is 1. The van der Waals surface area contributed by atoms with Crippen molar-refractivity contribution in [2.45, 2.75) is 13.5 Å². The van der Waals surface area contributed by atoms with Crippen molar-refractivity contribution in [1.29, 1.82) is 0 Å². The third-order valence-corrected chi connectivity index (χ3v) is 3.34. The molecule has 3 rings (SSSR count). The van der Waals surface area contributed by atoms with Crippen LogP contribution in [0.3, 0.4) is 0 Å². The first-order valence-corrected chi connectivity index (χ1v) is 6.21. The minimum Gasteiger partial charge on any atom is -0.508 e. The van der Waals surface area contributed by atoms with Gasteiger partial charge in [0.1, 0.15) is 11.6 Å². The highest BCUT2D eigenvalue weighted by molar-refractivity contribution is 5.81. The van der Waals surface area contributed by atoms with Gasteiger partial charge >= 0.3 is 0 Å². The summed E-state index contributed by atoms with van der Waals surface area (Å²) in [6.07, 6.45) is 0. The predicted octanol–water partition coefficient (Wildman–Crippen LogP) is 1.41. The lowest BCUT2D eigenvalue weighted by molar-refractivity contribution is 0.0340. The van der Waals surface area contributed by atoms with E-state index in [0.717, 1.165) is 55.3 Å². The molecule has 1 saturated heterocycles. The minimum absolute atomic E-state index is 0.320. The molecule has 2 heterocycles. The van der Waals surface area contributed by atoms with Crippen LogP contribution in [0.15, 0.2) is 12.1 Å². The highest BCUT2D eigenvalue weighted by Gasteiger charge is 2.16. The van der Waals surface area contributed by atoms with Crippen LogP contribution in [-0.4, -0.2) is 46.3 Å².